The lowest BCUT2D eigenvalue weighted by atomic mass is 10.3. The van der Waals surface area contributed by atoms with Gasteiger partial charge in [0.25, 0.3) is 0 Å². The third-order valence-corrected chi connectivity index (χ3v) is 2.30. The van der Waals surface area contributed by atoms with Crippen molar-refractivity contribution in [3.05, 3.63) is 30.3 Å². The number of para-hydroxylation sites is 1. The van der Waals surface area contributed by atoms with Crippen LogP contribution in [-0.2, 0) is 0 Å². The number of rotatable bonds is 7. The molecule has 0 saturated heterocycles. The fourth-order valence-corrected chi connectivity index (χ4v) is 1.39. The highest BCUT2D eigenvalue weighted by Gasteiger charge is 1.97. The van der Waals surface area contributed by atoms with Crippen molar-refractivity contribution in [3.63, 3.8) is 0 Å². The summed E-state index contributed by atoms with van der Waals surface area (Å²) in [5, 5.41) is 8.43. The highest BCUT2D eigenvalue weighted by molar-refractivity contribution is 5.20. The second kappa shape index (κ2) is 7.72. The van der Waals surface area contributed by atoms with Gasteiger partial charge >= 0.3 is 0 Å². The van der Waals surface area contributed by atoms with Crippen LogP contribution in [0.1, 0.15) is 12.8 Å². The van der Waals surface area contributed by atoms with Gasteiger partial charge in [-0.2, -0.15) is 5.26 Å². The van der Waals surface area contributed by atoms with Gasteiger partial charge in [0.15, 0.2) is 0 Å². The molecule has 1 rings (SSSR count). The number of hydrogen-bond acceptors (Lipinski definition) is 3. The standard InChI is InChI=1S/C13H18N2O/c1-15(10-5-9-14)11-6-12-16-13-7-3-2-4-8-13/h2-4,7-8H,5-6,10-12H2,1H3. The average Bonchev–Trinajstić information content (AvgIpc) is 2.33. The molecule has 86 valence electrons. The van der Waals surface area contributed by atoms with Gasteiger partial charge in [-0.3, -0.25) is 0 Å². The quantitative estimate of drug-likeness (QED) is 0.659. The Kier molecular flexibility index (Phi) is 6.05. The molecule has 0 aromatic heterocycles. The maximum absolute atomic E-state index is 8.43. The van der Waals surface area contributed by atoms with Crippen molar-refractivity contribution < 1.29 is 4.74 Å². The second-order valence-corrected chi connectivity index (χ2v) is 3.73. The third-order valence-electron chi connectivity index (χ3n) is 2.30. The third kappa shape index (κ3) is 5.38. The molecular weight excluding hydrogens is 200 g/mol. The molecule has 0 aliphatic rings. The number of nitriles is 1. The lowest BCUT2D eigenvalue weighted by Gasteiger charge is -2.14. The molecule has 0 atom stereocenters. The summed E-state index contributed by atoms with van der Waals surface area (Å²) >= 11 is 0. The van der Waals surface area contributed by atoms with Crippen molar-refractivity contribution in [2.45, 2.75) is 12.8 Å². The first-order valence-electron chi connectivity index (χ1n) is 5.56. The van der Waals surface area contributed by atoms with E-state index in [1.165, 1.54) is 0 Å². The number of hydrogen-bond donors (Lipinski definition) is 0. The van der Waals surface area contributed by atoms with Gasteiger partial charge in [0.05, 0.1) is 12.7 Å². The van der Waals surface area contributed by atoms with E-state index in [0.29, 0.717) is 6.42 Å². The molecule has 1 aromatic carbocycles. The summed E-state index contributed by atoms with van der Waals surface area (Å²) in [5.41, 5.74) is 0. The minimum absolute atomic E-state index is 0.593. The molecule has 1 aromatic rings. The van der Waals surface area contributed by atoms with Crippen LogP contribution in [0.25, 0.3) is 0 Å². The smallest absolute Gasteiger partial charge is 0.119 e. The van der Waals surface area contributed by atoms with Crippen molar-refractivity contribution in [2.24, 2.45) is 0 Å². The van der Waals surface area contributed by atoms with E-state index in [1.807, 2.05) is 37.4 Å². The Morgan fingerprint density at radius 1 is 1.25 bits per heavy atom. The summed E-state index contributed by atoms with van der Waals surface area (Å²) in [5.74, 6) is 0.919. The van der Waals surface area contributed by atoms with E-state index in [9.17, 15) is 0 Å². The van der Waals surface area contributed by atoms with Crippen molar-refractivity contribution >= 4 is 0 Å². The highest BCUT2D eigenvalue weighted by atomic mass is 16.5. The summed E-state index contributed by atoms with van der Waals surface area (Å²) in [6.07, 6.45) is 1.58. The van der Waals surface area contributed by atoms with E-state index in [-0.39, 0.29) is 0 Å². The van der Waals surface area contributed by atoms with E-state index >= 15 is 0 Å². The molecule has 0 aliphatic heterocycles. The Balaban J connectivity index is 2.06. The summed E-state index contributed by atoms with van der Waals surface area (Å²) in [6.45, 7) is 2.53. The zero-order valence-corrected chi connectivity index (χ0v) is 9.72. The maximum atomic E-state index is 8.43. The van der Waals surface area contributed by atoms with Gasteiger partial charge in [-0.25, -0.2) is 0 Å². The summed E-state index contributed by atoms with van der Waals surface area (Å²) in [4.78, 5) is 2.15. The highest BCUT2D eigenvalue weighted by Crippen LogP contribution is 2.08. The SMILES string of the molecule is CN(CCC#N)CCCOc1ccccc1. The molecule has 0 unspecified atom stereocenters. The fourth-order valence-electron chi connectivity index (χ4n) is 1.39. The maximum Gasteiger partial charge on any atom is 0.119 e. The van der Waals surface area contributed by atoms with Gasteiger partial charge in [-0.15, -0.1) is 0 Å². The predicted octanol–water partition coefficient (Wildman–Crippen LogP) is 2.30. The normalized spacial score (nSPS) is 10.1. The minimum Gasteiger partial charge on any atom is -0.494 e. The largest absolute Gasteiger partial charge is 0.494 e. The van der Waals surface area contributed by atoms with Crippen LogP contribution < -0.4 is 4.74 Å². The number of benzene rings is 1. The van der Waals surface area contributed by atoms with Crippen LogP contribution >= 0.6 is 0 Å². The molecule has 0 aliphatic carbocycles. The fraction of sp³-hybridized carbons (Fsp3) is 0.462. The van der Waals surface area contributed by atoms with E-state index < -0.39 is 0 Å². The van der Waals surface area contributed by atoms with Gasteiger partial charge in [0, 0.05) is 19.5 Å². The molecule has 0 spiro atoms. The minimum atomic E-state index is 0.593. The Morgan fingerprint density at radius 2 is 2.00 bits per heavy atom. The van der Waals surface area contributed by atoms with Crippen LogP contribution in [0.4, 0.5) is 0 Å². The summed E-state index contributed by atoms with van der Waals surface area (Å²) < 4.78 is 5.57. The number of nitrogens with zero attached hydrogens (tertiary/aromatic N) is 2. The number of ether oxygens (including phenoxy) is 1. The van der Waals surface area contributed by atoms with E-state index in [0.717, 1.165) is 31.9 Å². The lowest BCUT2D eigenvalue weighted by molar-refractivity contribution is 0.265. The molecule has 16 heavy (non-hydrogen) atoms. The Morgan fingerprint density at radius 3 is 2.69 bits per heavy atom. The molecule has 0 amide bonds. The van der Waals surface area contributed by atoms with Crippen molar-refractivity contribution in [2.75, 3.05) is 26.7 Å². The molecule has 0 fully saturated rings. The molecule has 0 radical (unpaired) electrons. The Hall–Kier alpha value is -1.53. The Bertz CT molecular complexity index is 318. The van der Waals surface area contributed by atoms with Crippen LogP contribution in [0.15, 0.2) is 30.3 Å². The molecule has 3 nitrogen and oxygen atoms in total. The van der Waals surface area contributed by atoms with Crippen LogP contribution in [-0.4, -0.2) is 31.6 Å². The first kappa shape index (κ1) is 12.5. The van der Waals surface area contributed by atoms with Crippen LogP contribution in [0, 0.1) is 11.3 Å². The molecule has 0 N–H and O–H groups in total. The molecule has 3 heteroatoms. The molecule has 0 heterocycles. The molecule has 0 saturated carbocycles. The summed E-state index contributed by atoms with van der Waals surface area (Å²) in [7, 11) is 2.03. The van der Waals surface area contributed by atoms with Gasteiger partial charge in [-0.1, -0.05) is 18.2 Å². The first-order chi connectivity index (χ1) is 7.83. The average molecular weight is 218 g/mol. The van der Waals surface area contributed by atoms with E-state index in [2.05, 4.69) is 11.0 Å². The Labute approximate surface area is 97.3 Å². The van der Waals surface area contributed by atoms with Crippen molar-refractivity contribution in [3.8, 4) is 11.8 Å². The van der Waals surface area contributed by atoms with Gasteiger partial charge in [0.2, 0.25) is 0 Å². The monoisotopic (exact) mass is 218 g/mol. The van der Waals surface area contributed by atoms with E-state index in [1.54, 1.807) is 0 Å². The van der Waals surface area contributed by atoms with E-state index in [4.69, 9.17) is 10.00 Å². The van der Waals surface area contributed by atoms with Crippen LogP contribution in [0.3, 0.4) is 0 Å². The summed E-state index contributed by atoms with van der Waals surface area (Å²) in [6, 6.07) is 12.0. The zero-order chi connectivity index (χ0) is 11.6. The topological polar surface area (TPSA) is 36.3 Å². The van der Waals surface area contributed by atoms with Gasteiger partial charge in [0.1, 0.15) is 5.75 Å². The van der Waals surface area contributed by atoms with Gasteiger partial charge in [-0.05, 0) is 25.6 Å². The first-order valence-corrected chi connectivity index (χ1v) is 5.56. The zero-order valence-electron chi connectivity index (χ0n) is 9.72. The second-order valence-electron chi connectivity index (χ2n) is 3.73. The molecule has 0 bridgehead atoms. The van der Waals surface area contributed by atoms with Crippen molar-refractivity contribution in [1.29, 1.82) is 5.26 Å². The lowest BCUT2D eigenvalue weighted by Crippen LogP contribution is -2.22. The van der Waals surface area contributed by atoms with Crippen molar-refractivity contribution in [1.82, 2.24) is 4.90 Å². The van der Waals surface area contributed by atoms with Gasteiger partial charge < -0.3 is 9.64 Å². The van der Waals surface area contributed by atoms with Crippen LogP contribution in [0.5, 0.6) is 5.75 Å². The molecular formula is C13H18N2O. The van der Waals surface area contributed by atoms with Crippen LogP contribution in [0.2, 0.25) is 0 Å². The predicted molar refractivity (Wildman–Crippen MR) is 64.3 cm³/mol.